The van der Waals surface area contributed by atoms with Crippen LogP contribution in [0.3, 0.4) is 0 Å². The van der Waals surface area contributed by atoms with E-state index in [9.17, 15) is 13.2 Å². The van der Waals surface area contributed by atoms with E-state index in [0.29, 0.717) is 31.2 Å². The van der Waals surface area contributed by atoms with Gasteiger partial charge < -0.3 is 14.8 Å². The summed E-state index contributed by atoms with van der Waals surface area (Å²) in [5, 5.41) is 3.01. The van der Waals surface area contributed by atoms with E-state index in [-0.39, 0.29) is 0 Å². The van der Waals surface area contributed by atoms with E-state index in [4.69, 9.17) is 9.47 Å². The molecule has 0 aliphatic carbocycles. The van der Waals surface area contributed by atoms with Crippen molar-refractivity contribution in [1.29, 1.82) is 0 Å². The Morgan fingerprint density at radius 2 is 1.39 bits per heavy atom. The summed E-state index contributed by atoms with van der Waals surface area (Å²) >= 11 is 0. The van der Waals surface area contributed by atoms with Gasteiger partial charge in [0.2, 0.25) is 0 Å². The third-order valence-electron chi connectivity index (χ3n) is 3.95. The molecule has 0 saturated heterocycles. The number of benzene rings is 3. The minimum absolute atomic E-state index is 0.388. The van der Waals surface area contributed by atoms with Crippen LogP contribution >= 0.6 is 0 Å². The summed E-state index contributed by atoms with van der Waals surface area (Å²) in [6.45, 7) is 1.19. The third-order valence-corrected chi connectivity index (χ3v) is 3.95. The molecule has 6 heteroatoms. The smallest absolute Gasteiger partial charge is 0.416 e. The van der Waals surface area contributed by atoms with Gasteiger partial charge in [-0.1, -0.05) is 36.4 Å². The van der Waals surface area contributed by atoms with Crippen LogP contribution in [0.1, 0.15) is 11.1 Å². The largest absolute Gasteiger partial charge is 0.490 e. The standard InChI is InChI=1S/C22H20F3NO2/c23-22(24,25)18-7-5-8-19(15-18)26-16-17-6-4-11-21(14-17)28-13-12-27-20-9-2-1-3-10-20/h1-11,14-15,26H,12-13,16H2. The lowest BCUT2D eigenvalue weighted by Crippen LogP contribution is -2.09. The zero-order valence-corrected chi connectivity index (χ0v) is 15.1. The Balaban J connectivity index is 1.49. The van der Waals surface area contributed by atoms with E-state index in [1.165, 1.54) is 6.07 Å². The van der Waals surface area contributed by atoms with Crippen LogP contribution in [0.4, 0.5) is 18.9 Å². The Labute approximate surface area is 161 Å². The number of halogens is 3. The van der Waals surface area contributed by atoms with Crippen LogP contribution < -0.4 is 14.8 Å². The van der Waals surface area contributed by atoms with E-state index < -0.39 is 11.7 Å². The molecule has 0 aromatic heterocycles. The van der Waals surface area contributed by atoms with Crippen LogP contribution in [-0.4, -0.2) is 13.2 Å². The lowest BCUT2D eigenvalue weighted by atomic mass is 10.1. The molecule has 0 heterocycles. The summed E-state index contributed by atoms with van der Waals surface area (Å²) in [6.07, 6.45) is -4.35. The van der Waals surface area contributed by atoms with Crippen molar-refractivity contribution in [3.8, 4) is 11.5 Å². The minimum Gasteiger partial charge on any atom is -0.490 e. The molecule has 3 nitrogen and oxygen atoms in total. The molecule has 3 aromatic rings. The molecule has 0 aliphatic heterocycles. The van der Waals surface area contributed by atoms with E-state index in [0.717, 1.165) is 23.4 Å². The number of hydrogen-bond donors (Lipinski definition) is 1. The summed E-state index contributed by atoms with van der Waals surface area (Å²) in [7, 11) is 0. The Kier molecular flexibility index (Phi) is 6.42. The zero-order chi connectivity index (χ0) is 19.8. The highest BCUT2D eigenvalue weighted by atomic mass is 19.4. The van der Waals surface area contributed by atoms with Gasteiger partial charge in [0.25, 0.3) is 0 Å². The van der Waals surface area contributed by atoms with Crippen molar-refractivity contribution in [2.24, 2.45) is 0 Å². The molecule has 3 rings (SSSR count). The molecule has 3 aromatic carbocycles. The van der Waals surface area contributed by atoms with Crippen LogP contribution in [-0.2, 0) is 12.7 Å². The number of ether oxygens (including phenoxy) is 2. The van der Waals surface area contributed by atoms with Gasteiger partial charge in [0.1, 0.15) is 24.7 Å². The predicted molar refractivity (Wildman–Crippen MR) is 103 cm³/mol. The molecule has 0 aliphatic rings. The highest BCUT2D eigenvalue weighted by Crippen LogP contribution is 2.30. The summed E-state index contributed by atoms with van der Waals surface area (Å²) in [4.78, 5) is 0. The Hall–Kier alpha value is -3.15. The molecular weight excluding hydrogens is 367 g/mol. The second kappa shape index (κ2) is 9.17. The lowest BCUT2D eigenvalue weighted by Gasteiger charge is -2.12. The number of para-hydroxylation sites is 1. The van der Waals surface area contributed by atoms with Crippen molar-refractivity contribution >= 4 is 5.69 Å². The number of rotatable bonds is 8. The first-order valence-corrected chi connectivity index (χ1v) is 8.81. The Morgan fingerprint density at radius 3 is 2.14 bits per heavy atom. The van der Waals surface area contributed by atoms with Crippen molar-refractivity contribution in [3.63, 3.8) is 0 Å². The van der Waals surface area contributed by atoms with Gasteiger partial charge in [-0.2, -0.15) is 13.2 Å². The molecule has 0 unspecified atom stereocenters. The quantitative estimate of drug-likeness (QED) is 0.498. The number of alkyl halides is 3. The van der Waals surface area contributed by atoms with E-state index in [1.54, 1.807) is 6.07 Å². The molecule has 146 valence electrons. The molecule has 1 N–H and O–H groups in total. The van der Waals surface area contributed by atoms with Gasteiger partial charge in [-0.05, 0) is 48.0 Å². The number of nitrogens with one attached hydrogen (secondary N) is 1. The molecule has 0 radical (unpaired) electrons. The average molecular weight is 387 g/mol. The average Bonchev–Trinajstić information content (AvgIpc) is 2.70. The normalized spacial score (nSPS) is 11.1. The highest BCUT2D eigenvalue weighted by molar-refractivity contribution is 5.47. The zero-order valence-electron chi connectivity index (χ0n) is 15.1. The summed E-state index contributed by atoms with van der Waals surface area (Å²) in [5.74, 6) is 1.46. The van der Waals surface area contributed by atoms with Crippen LogP contribution in [0.2, 0.25) is 0 Å². The van der Waals surface area contributed by atoms with Crippen LogP contribution in [0.15, 0.2) is 78.9 Å². The molecule has 0 saturated carbocycles. The van der Waals surface area contributed by atoms with Gasteiger partial charge in [-0.15, -0.1) is 0 Å². The van der Waals surface area contributed by atoms with Crippen LogP contribution in [0, 0.1) is 0 Å². The second-order valence-corrected chi connectivity index (χ2v) is 6.09. The van der Waals surface area contributed by atoms with Crippen molar-refractivity contribution < 1.29 is 22.6 Å². The monoisotopic (exact) mass is 387 g/mol. The molecule has 0 fully saturated rings. The first kappa shape index (κ1) is 19.6. The van der Waals surface area contributed by atoms with Crippen molar-refractivity contribution in [2.45, 2.75) is 12.7 Å². The van der Waals surface area contributed by atoms with Gasteiger partial charge in [-0.3, -0.25) is 0 Å². The summed E-state index contributed by atoms with van der Waals surface area (Å²) in [6, 6.07) is 22.0. The molecule has 0 atom stereocenters. The van der Waals surface area contributed by atoms with E-state index in [1.807, 2.05) is 54.6 Å². The molecule has 0 spiro atoms. The number of anilines is 1. The van der Waals surface area contributed by atoms with Gasteiger partial charge in [-0.25, -0.2) is 0 Å². The van der Waals surface area contributed by atoms with Crippen molar-refractivity contribution in [2.75, 3.05) is 18.5 Å². The summed E-state index contributed by atoms with van der Waals surface area (Å²) in [5.41, 5.74) is 0.643. The van der Waals surface area contributed by atoms with Crippen LogP contribution in [0.5, 0.6) is 11.5 Å². The minimum atomic E-state index is -4.35. The topological polar surface area (TPSA) is 30.5 Å². The first-order chi connectivity index (χ1) is 13.5. The second-order valence-electron chi connectivity index (χ2n) is 6.09. The Morgan fingerprint density at radius 1 is 0.714 bits per heavy atom. The lowest BCUT2D eigenvalue weighted by molar-refractivity contribution is -0.137. The first-order valence-electron chi connectivity index (χ1n) is 8.81. The molecule has 0 bridgehead atoms. The summed E-state index contributed by atoms with van der Waals surface area (Å²) < 4.78 is 49.6. The fraction of sp³-hybridized carbons (Fsp3) is 0.182. The maximum Gasteiger partial charge on any atom is 0.416 e. The van der Waals surface area contributed by atoms with Gasteiger partial charge in [0.05, 0.1) is 5.56 Å². The third kappa shape index (κ3) is 5.94. The number of hydrogen-bond acceptors (Lipinski definition) is 3. The van der Waals surface area contributed by atoms with Gasteiger partial charge in [0.15, 0.2) is 0 Å². The van der Waals surface area contributed by atoms with Crippen LogP contribution in [0.25, 0.3) is 0 Å². The predicted octanol–water partition coefficient (Wildman–Crippen LogP) is 5.78. The fourth-order valence-corrected chi connectivity index (χ4v) is 2.59. The van der Waals surface area contributed by atoms with Gasteiger partial charge >= 0.3 is 6.18 Å². The van der Waals surface area contributed by atoms with Crippen molar-refractivity contribution in [3.05, 3.63) is 90.0 Å². The SMILES string of the molecule is FC(F)(F)c1cccc(NCc2cccc(OCCOc3ccccc3)c2)c1. The Bertz CT molecular complexity index is 882. The molecule has 28 heavy (non-hydrogen) atoms. The van der Waals surface area contributed by atoms with Gasteiger partial charge in [0, 0.05) is 12.2 Å². The fourth-order valence-electron chi connectivity index (χ4n) is 2.59. The highest BCUT2D eigenvalue weighted by Gasteiger charge is 2.30. The van der Waals surface area contributed by atoms with E-state index >= 15 is 0 Å². The molecular formula is C22H20F3NO2. The molecule has 0 amide bonds. The maximum absolute atomic E-state index is 12.8. The van der Waals surface area contributed by atoms with Crippen molar-refractivity contribution in [1.82, 2.24) is 0 Å². The maximum atomic E-state index is 12.8. The van der Waals surface area contributed by atoms with E-state index in [2.05, 4.69) is 5.32 Å².